The molecule has 1 aromatic carbocycles. The molecule has 0 amide bonds. The Labute approximate surface area is 198 Å². The van der Waals surface area contributed by atoms with Crippen LogP contribution in [0.15, 0.2) is 48.7 Å². The Morgan fingerprint density at radius 2 is 1.88 bits per heavy atom. The molecule has 34 heavy (non-hydrogen) atoms. The molecule has 0 unspecified atom stereocenters. The van der Waals surface area contributed by atoms with Crippen molar-refractivity contribution in [3.05, 3.63) is 59.9 Å². The van der Waals surface area contributed by atoms with Gasteiger partial charge in [0.2, 0.25) is 10.0 Å². The molecule has 1 N–H and O–H groups in total. The van der Waals surface area contributed by atoms with E-state index in [0.29, 0.717) is 5.69 Å². The summed E-state index contributed by atoms with van der Waals surface area (Å²) in [5, 5.41) is 0. The van der Waals surface area contributed by atoms with E-state index in [9.17, 15) is 13.2 Å². The number of nitrogens with zero attached hydrogens (tertiary/aromatic N) is 1. The van der Waals surface area contributed by atoms with E-state index in [1.165, 1.54) is 6.92 Å². The van der Waals surface area contributed by atoms with E-state index in [1.54, 1.807) is 31.3 Å². The highest BCUT2D eigenvalue weighted by Gasteiger charge is 2.69. The highest BCUT2D eigenvalue weighted by Crippen LogP contribution is 2.55. The minimum absolute atomic E-state index is 0.568. The Morgan fingerprint density at radius 3 is 2.50 bits per heavy atom. The molecule has 6 nitrogen and oxygen atoms in total. The molecule has 2 fully saturated rings. The summed E-state index contributed by atoms with van der Waals surface area (Å²) in [6.07, 6.45) is 4.17. The fraction of sp³-hybridized carbons (Fsp3) is 0.440. The number of ether oxygens (including phenoxy) is 1. The van der Waals surface area contributed by atoms with Crippen LogP contribution < -0.4 is 4.72 Å². The number of carbonyl (C=O) groups excluding carboxylic acids is 1. The molecule has 182 valence electrons. The molecule has 1 aliphatic carbocycles. The molecule has 0 bridgehead atoms. The monoisotopic (exact) mass is 490 g/mol. The standard InChI is InChI=1S/C25H28F2N2O4S/c1-15-7-5-6-8-20(15)18-9-10-19(28-13-18)11-12-21-16(2)25(26,27)14-24(29-34(4,31)32)22(21)17(3)33-23(24)30/h5-13,16-17,21-22,29H,14H2,1-4H3/b12-11+/t16-,17+,21-,22-,24-/m0/s1. The van der Waals surface area contributed by atoms with Gasteiger partial charge in [0.1, 0.15) is 11.6 Å². The van der Waals surface area contributed by atoms with Crippen molar-refractivity contribution >= 4 is 22.1 Å². The summed E-state index contributed by atoms with van der Waals surface area (Å²) in [6.45, 7) is 5.04. The quantitative estimate of drug-likeness (QED) is 0.635. The number of aromatic nitrogens is 1. The second kappa shape index (κ2) is 8.53. The van der Waals surface area contributed by atoms with Crippen LogP contribution in [0.3, 0.4) is 0 Å². The Morgan fingerprint density at radius 1 is 1.18 bits per heavy atom. The summed E-state index contributed by atoms with van der Waals surface area (Å²) in [5.74, 6) is -6.98. The molecule has 2 aliphatic rings. The number of sulfonamides is 1. The SMILES string of the molecule is Cc1ccccc1-c1ccc(/C=C/[C@@H]2[C@@H]3[C@@H](C)OC(=O)[C@]3(NS(C)(=O)=O)CC(F)(F)[C@H]2C)nc1. The van der Waals surface area contributed by atoms with Gasteiger partial charge in [-0.25, -0.2) is 22.0 Å². The molecule has 1 saturated heterocycles. The number of fused-ring (bicyclic) bond motifs is 1. The van der Waals surface area contributed by atoms with E-state index in [1.807, 2.05) is 37.3 Å². The lowest BCUT2D eigenvalue weighted by Gasteiger charge is -2.47. The summed E-state index contributed by atoms with van der Waals surface area (Å²) in [5.41, 5.74) is 1.66. The third kappa shape index (κ3) is 4.38. The van der Waals surface area contributed by atoms with Gasteiger partial charge in [0.05, 0.1) is 11.9 Å². The van der Waals surface area contributed by atoms with Crippen LogP contribution in [0.25, 0.3) is 17.2 Å². The number of carbonyl (C=O) groups is 1. The van der Waals surface area contributed by atoms with Gasteiger partial charge >= 0.3 is 5.97 Å². The number of hydrogen-bond acceptors (Lipinski definition) is 5. The van der Waals surface area contributed by atoms with Crippen molar-refractivity contribution in [2.24, 2.45) is 17.8 Å². The van der Waals surface area contributed by atoms with Gasteiger partial charge in [-0.15, -0.1) is 0 Å². The normalized spacial score (nSPS) is 30.8. The van der Waals surface area contributed by atoms with Crippen molar-refractivity contribution in [3.63, 3.8) is 0 Å². The fourth-order valence-corrected chi connectivity index (χ4v) is 6.33. The van der Waals surface area contributed by atoms with E-state index in [2.05, 4.69) is 9.71 Å². The Kier molecular flexibility index (Phi) is 6.14. The van der Waals surface area contributed by atoms with Gasteiger partial charge in [0.15, 0.2) is 0 Å². The van der Waals surface area contributed by atoms with Gasteiger partial charge in [0.25, 0.3) is 5.92 Å². The first-order valence-corrected chi connectivity index (χ1v) is 13.0. The average Bonchev–Trinajstić information content (AvgIpc) is 2.96. The lowest BCUT2D eigenvalue weighted by Crippen LogP contribution is -2.65. The second-order valence-corrected chi connectivity index (χ2v) is 11.2. The zero-order valence-electron chi connectivity index (χ0n) is 19.5. The number of aryl methyl sites for hydroxylation is 1. The second-order valence-electron chi connectivity index (χ2n) is 9.43. The van der Waals surface area contributed by atoms with Crippen molar-refractivity contribution in [2.75, 3.05) is 6.26 Å². The number of pyridine rings is 1. The molecule has 0 radical (unpaired) electrons. The van der Waals surface area contributed by atoms with Crippen LogP contribution in [0.2, 0.25) is 0 Å². The van der Waals surface area contributed by atoms with E-state index in [4.69, 9.17) is 4.74 Å². The van der Waals surface area contributed by atoms with Crippen LogP contribution in [-0.4, -0.2) is 43.2 Å². The van der Waals surface area contributed by atoms with Crippen LogP contribution in [0.1, 0.15) is 31.5 Å². The number of halogens is 2. The largest absolute Gasteiger partial charge is 0.461 e. The molecule has 1 aromatic heterocycles. The van der Waals surface area contributed by atoms with Crippen molar-refractivity contribution in [3.8, 4) is 11.1 Å². The zero-order chi connectivity index (χ0) is 24.9. The van der Waals surface area contributed by atoms with Crippen LogP contribution >= 0.6 is 0 Å². The molecule has 4 rings (SSSR count). The van der Waals surface area contributed by atoms with Gasteiger partial charge in [-0.2, -0.15) is 4.72 Å². The Bertz CT molecular complexity index is 1230. The molecule has 9 heteroatoms. The highest BCUT2D eigenvalue weighted by atomic mass is 32.2. The number of esters is 1. The van der Waals surface area contributed by atoms with Crippen molar-refractivity contribution < 1.29 is 26.7 Å². The number of cyclic esters (lactones) is 1. The minimum Gasteiger partial charge on any atom is -0.461 e. The summed E-state index contributed by atoms with van der Waals surface area (Å²) >= 11 is 0. The molecular weight excluding hydrogens is 462 g/mol. The first-order valence-electron chi connectivity index (χ1n) is 11.1. The van der Waals surface area contributed by atoms with Crippen LogP contribution in [0.4, 0.5) is 8.78 Å². The van der Waals surface area contributed by atoms with Crippen LogP contribution in [0, 0.1) is 24.7 Å². The third-order valence-electron chi connectivity index (χ3n) is 7.00. The summed E-state index contributed by atoms with van der Waals surface area (Å²) in [7, 11) is -3.96. The van der Waals surface area contributed by atoms with Gasteiger partial charge in [-0.05, 0) is 43.0 Å². The first-order chi connectivity index (χ1) is 15.8. The van der Waals surface area contributed by atoms with Crippen molar-refractivity contribution in [1.82, 2.24) is 9.71 Å². The lowest BCUT2D eigenvalue weighted by atomic mass is 9.61. The number of nitrogens with one attached hydrogen (secondary N) is 1. The number of alkyl halides is 2. The smallest absolute Gasteiger partial charge is 0.328 e. The lowest BCUT2D eigenvalue weighted by molar-refractivity contribution is -0.157. The average molecular weight is 491 g/mol. The summed E-state index contributed by atoms with van der Waals surface area (Å²) in [6, 6.07) is 11.6. The molecular formula is C25H28F2N2O4S. The van der Waals surface area contributed by atoms with Gasteiger partial charge < -0.3 is 4.74 Å². The van der Waals surface area contributed by atoms with Gasteiger partial charge in [0, 0.05) is 30.0 Å². The predicted molar refractivity (Wildman–Crippen MR) is 125 cm³/mol. The van der Waals surface area contributed by atoms with Crippen molar-refractivity contribution in [2.45, 2.75) is 44.8 Å². The molecule has 1 saturated carbocycles. The maximum absolute atomic E-state index is 15.1. The van der Waals surface area contributed by atoms with Crippen LogP contribution in [-0.2, 0) is 19.6 Å². The molecule has 2 heterocycles. The van der Waals surface area contributed by atoms with E-state index in [0.717, 1.165) is 22.9 Å². The minimum atomic E-state index is -3.96. The van der Waals surface area contributed by atoms with E-state index in [-0.39, 0.29) is 0 Å². The van der Waals surface area contributed by atoms with Gasteiger partial charge in [-0.1, -0.05) is 43.3 Å². The maximum Gasteiger partial charge on any atom is 0.328 e. The van der Waals surface area contributed by atoms with E-state index < -0.39 is 57.7 Å². The topological polar surface area (TPSA) is 85.4 Å². The molecule has 5 atom stereocenters. The highest BCUT2D eigenvalue weighted by molar-refractivity contribution is 7.88. The number of benzene rings is 1. The fourth-order valence-electron chi connectivity index (χ4n) is 5.37. The number of rotatable bonds is 5. The Balaban J connectivity index is 1.68. The predicted octanol–water partition coefficient (Wildman–Crippen LogP) is 4.21. The molecule has 0 spiro atoms. The summed E-state index contributed by atoms with van der Waals surface area (Å²) < 4.78 is 61.9. The number of allylic oxidation sites excluding steroid dienone is 1. The molecule has 2 aromatic rings. The van der Waals surface area contributed by atoms with E-state index >= 15 is 8.78 Å². The van der Waals surface area contributed by atoms with Crippen LogP contribution in [0.5, 0.6) is 0 Å². The third-order valence-corrected chi connectivity index (χ3v) is 7.74. The van der Waals surface area contributed by atoms with Crippen molar-refractivity contribution in [1.29, 1.82) is 0 Å². The summed E-state index contributed by atoms with van der Waals surface area (Å²) in [4.78, 5) is 17.2. The Hall–Kier alpha value is -2.65. The maximum atomic E-state index is 15.1. The molecule has 1 aliphatic heterocycles. The van der Waals surface area contributed by atoms with Gasteiger partial charge in [-0.3, -0.25) is 4.98 Å². The zero-order valence-corrected chi connectivity index (χ0v) is 20.3. The first kappa shape index (κ1) is 24.5. The number of hydrogen-bond donors (Lipinski definition) is 1.